The molecule has 2 aliphatic rings. The molecule has 2 aromatic rings. The van der Waals surface area contributed by atoms with Crippen molar-refractivity contribution in [2.24, 2.45) is 0 Å². The number of nitrogens with two attached hydrogens (primary N) is 1. The highest BCUT2D eigenvalue weighted by atomic mass is 31.2. The Hall–Kier alpha value is -3.03. The first-order chi connectivity index (χ1) is 21.1. The Balaban J connectivity index is 1.48. The second-order valence-electron chi connectivity index (χ2n) is 9.97. The Bertz CT molecular complexity index is 1540. The number of anilines is 1. The van der Waals surface area contributed by atoms with Crippen LogP contribution < -0.4 is 16.7 Å². The molecule has 0 bridgehead atoms. The topological polar surface area (TPSA) is 292 Å². The molecule has 1 aromatic carbocycles. The number of phosphoric acid groups is 1. The summed E-state index contributed by atoms with van der Waals surface area (Å²) in [7, 11) is -10.9. The zero-order valence-electron chi connectivity index (χ0n) is 23.4. The number of hydrogen-bond acceptors (Lipinski definition) is 14. The minimum absolute atomic E-state index is 0.119. The standard InChI is InChI=1S/C24H32N4O15P2/c1-12(29)26-18-14(30)9-15(42-22(18)39-10-13-5-3-2-4-6-13)23(44(34,35)36)43-45(37,38)40-11-16-19(31)20(32)21(41-16)28-8-7-17(25)27-24(28)33/h2-9,14,16,18-23,30-32H,10-11H2,1H3,(H,26,29)(H,37,38)(H2,25,27,33)(H2,34,35,36)/t14-,16+,18+,19+,20+,21+,22+,23?/m0/s1. The second-order valence-corrected chi connectivity index (χ2v) is 13.0. The number of carbonyl (C=O) groups is 1. The lowest BCUT2D eigenvalue weighted by Gasteiger charge is -2.37. The fourth-order valence-electron chi connectivity index (χ4n) is 4.42. The van der Waals surface area contributed by atoms with Crippen LogP contribution in [0, 0.1) is 0 Å². The number of benzene rings is 1. The van der Waals surface area contributed by atoms with Crippen molar-refractivity contribution in [1.29, 1.82) is 0 Å². The van der Waals surface area contributed by atoms with Gasteiger partial charge < -0.3 is 55.3 Å². The Morgan fingerprint density at radius 1 is 1.13 bits per heavy atom. The maximum atomic E-state index is 12.8. The number of aromatic nitrogens is 2. The zero-order valence-corrected chi connectivity index (χ0v) is 25.2. The third-order valence-corrected chi connectivity index (χ3v) is 8.61. The summed E-state index contributed by atoms with van der Waals surface area (Å²) >= 11 is 0. The van der Waals surface area contributed by atoms with Crippen LogP contribution in [-0.2, 0) is 43.8 Å². The van der Waals surface area contributed by atoms with Gasteiger partial charge in [0, 0.05) is 13.1 Å². The summed E-state index contributed by atoms with van der Waals surface area (Å²) < 4.78 is 52.2. The number of ether oxygens (including phenoxy) is 3. The van der Waals surface area contributed by atoms with Crippen LogP contribution >= 0.6 is 15.4 Å². The first-order valence-corrected chi connectivity index (χ1v) is 16.3. The van der Waals surface area contributed by atoms with Crippen LogP contribution in [0.2, 0.25) is 0 Å². The molecule has 21 heteroatoms. The maximum Gasteiger partial charge on any atom is 0.473 e. The van der Waals surface area contributed by atoms with E-state index in [9.17, 15) is 48.7 Å². The number of nitrogen functional groups attached to an aromatic ring is 1. The molecular weight excluding hydrogens is 646 g/mol. The molecule has 9 N–H and O–H groups in total. The van der Waals surface area contributed by atoms with E-state index < -0.39 is 88.2 Å². The SMILES string of the molecule is CC(=O)N[C@H]1[C@H](OCc2ccccc2)OC(C(OP(=O)(O)OC[C@H]2O[C@@H](n3ccc(N)nc3=O)[C@H](O)[C@@H]2O)P(=O)(O)O)=C[C@@H]1O. The van der Waals surface area contributed by atoms with E-state index in [-0.39, 0.29) is 12.4 Å². The smallest absolute Gasteiger partial charge is 0.464 e. The molecular formula is C24H32N4O15P2. The van der Waals surface area contributed by atoms with Crippen LogP contribution in [0.25, 0.3) is 0 Å². The Morgan fingerprint density at radius 3 is 2.44 bits per heavy atom. The van der Waals surface area contributed by atoms with Gasteiger partial charge in [-0.2, -0.15) is 4.98 Å². The molecule has 19 nitrogen and oxygen atoms in total. The number of hydrogen-bond donors (Lipinski definition) is 8. The molecule has 0 radical (unpaired) electrons. The molecule has 9 atom stereocenters. The highest BCUT2D eigenvalue weighted by Gasteiger charge is 2.48. The number of carbonyl (C=O) groups excluding carboxylic acids is 1. The molecule has 1 amide bonds. The molecule has 1 saturated heterocycles. The van der Waals surface area contributed by atoms with Gasteiger partial charge in [0.2, 0.25) is 18.0 Å². The van der Waals surface area contributed by atoms with Crippen LogP contribution in [0.4, 0.5) is 5.82 Å². The minimum Gasteiger partial charge on any atom is -0.464 e. The van der Waals surface area contributed by atoms with Gasteiger partial charge in [0.15, 0.2) is 6.23 Å². The van der Waals surface area contributed by atoms with Crippen LogP contribution in [0.3, 0.4) is 0 Å². The summed E-state index contributed by atoms with van der Waals surface area (Å²) in [5.74, 6) is -4.14. The molecule has 2 aliphatic heterocycles. The quantitative estimate of drug-likeness (QED) is 0.117. The van der Waals surface area contributed by atoms with E-state index in [2.05, 4.69) is 10.3 Å². The molecule has 1 aromatic heterocycles. The molecule has 0 aliphatic carbocycles. The number of amides is 1. The van der Waals surface area contributed by atoms with Crippen molar-refractivity contribution >= 4 is 27.1 Å². The number of nitrogens with one attached hydrogen (secondary N) is 1. The molecule has 1 fully saturated rings. The summed E-state index contributed by atoms with van der Waals surface area (Å²) in [6, 6.07) is 8.54. The summed E-state index contributed by atoms with van der Waals surface area (Å²) in [6.45, 7) is 0.0570. The zero-order chi connectivity index (χ0) is 33.1. The summed E-state index contributed by atoms with van der Waals surface area (Å²) in [6.07, 6.45) is -7.83. The predicted molar refractivity (Wildman–Crippen MR) is 149 cm³/mol. The van der Waals surface area contributed by atoms with E-state index in [0.29, 0.717) is 5.56 Å². The normalized spacial score (nSPS) is 28.9. The van der Waals surface area contributed by atoms with E-state index in [1.165, 1.54) is 6.07 Å². The van der Waals surface area contributed by atoms with Crippen molar-refractivity contribution in [3.05, 3.63) is 70.5 Å². The molecule has 45 heavy (non-hydrogen) atoms. The summed E-state index contributed by atoms with van der Waals surface area (Å²) in [5, 5.41) is 33.8. The molecule has 248 valence electrons. The fourth-order valence-corrected chi connectivity index (χ4v) is 6.50. The van der Waals surface area contributed by atoms with E-state index >= 15 is 0 Å². The van der Waals surface area contributed by atoms with E-state index in [4.69, 9.17) is 29.0 Å². The molecule has 2 unspecified atom stereocenters. The van der Waals surface area contributed by atoms with Crippen LogP contribution in [-0.4, -0.2) is 94.7 Å². The van der Waals surface area contributed by atoms with Crippen LogP contribution in [0.15, 0.2) is 59.2 Å². The van der Waals surface area contributed by atoms with Gasteiger partial charge in [-0.05, 0) is 17.7 Å². The molecule has 4 rings (SSSR count). The minimum atomic E-state index is -5.51. The number of rotatable bonds is 12. The van der Waals surface area contributed by atoms with Gasteiger partial charge in [0.05, 0.1) is 13.2 Å². The van der Waals surface area contributed by atoms with Crippen molar-refractivity contribution in [2.45, 2.75) is 62.4 Å². The third kappa shape index (κ3) is 8.82. The predicted octanol–water partition coefficient (Wildman–Crippen LogP) is -1.60. The van der Waals surface area contributed by atoms with Gasteiger partial charge in [0.1, 0.15) is 42.0 Å². The maximum absolute atomic E-state index is 12.8. The van der Waals surface area contributed by atoms with Gasteiger partial charge in [-0.1, -0.05) is 30.3 Å². The van der Waals surface area contributed by atoms with Gasteiger partial charge >= 0.3 is 21.1 Å². The number of phosphoric ester groups is 1. The van der Waals surface area contributed by atoms with Gasteiger partial charge in [-0.15, -0.1) is 0 Å². The summed E-state index contributed by atoms with van der Waals surface area (Å²) in [4.78, 5) is 57.7. The van der Waals surface area contributed by atoms with Crippen LogP contribution in [0.5, 0.6) is 0 Å². The van der Waals surface area contributed by atoms with Gasteiger partial charge in [-0.25, -0.2) is 9.36 Å². The third-order valence-electron chi connectivity index (χ3n) is 6.52. The average molecular weight is 678 g/mol. The monoisotopic (exact) mass is 678 g/mol. The lowest BCUT2D eigenvalue weighted by Crippen LogP contribution is -2.54. The van der Waals surface area contributed by atoms with Crippen molar-refractivity contribution in [2.75, 3.05) is 12.3 Å². The first-order valence-electron chi connectivity index (χ1n) is 13.1. The van der Waals surface area contributed by atoms with E-state index in [1.54, 1.807) is 30.3 Å². The van der Waals surface area contributed by atoms with Crippen molar-refractivity contribution < 1.29 is 67.2 Å². The van der Waals surface area contributed by atoms with Gasteiger partial charge in [-0.3, -0.25) is 23.0 Å². The molecule has 3 heterocycles. The van der Waals surface area contributed by atoms with Gasteiger partial charge in [0.25, 0.3) is 0 Å². The fraction of sp³-hybridized carbons (Fsp3) is 0.458. The lowest BCUT2D eigenvalue weighted by molar-refractivity contribution is -0.174. The second kappa shape index (κ2) is 14.2. The largest absolute Gasteiger partial charge is 0.473 e. The number of nitrogens with zero attached hydrogens (tertiary/aromatic N) is 2. The highest BCUT2D eigenvalue weighted by molar-refractivity contribution is 7.54. The Kier molecular flexibility index (Phi) is 11.0. The van der Waals surface area contributed by atoms with E-state index in [0.717, 1.165) is 23.8 Å². The van der Waals surface area contributed by atoms with Crippen molar-refractivity contribution in [3.63, 3.8) is 0 Å². The molecule has 0 saturated carbocycles. The Morgan fingerprint density at radius 2 is 1.82 bits per heavy atom. The first kappa shape index (κ1) is 34.8. The number of aliphatic hydroxyl groups is 3. The Labute approximate surface area is 254 Å². The van der Waals surface area contributed by atoms with Crippen molar-refractivity contribution in [1.82, 2.24) is 14.9 Å². The van der Waals surface area contributed by atoms with Crippen LogP contribution in [0.1, 0.15) is 18.7 Å². The summed E-state index contributed by atoms with van der Waals surface area (Å²) in [5.41, 5.74) is 5.16. The van der Waals surface area contributed by atoms with E-state index in [1.807, 2.05) is 0 Å². The molecule has 0 spiro atoms. The van der Waals surface area contributed by atoms with Crippen molar-refractivity contribution in [3.8, 4) is 0 Å². The number of aliphatic hydroxyl groups excluding tert-OH is 3. The lowest BCUT2D eigenvalue weighted by atomic mass is 10.1. The average Bonchev–Trinajstić information content (AvgIpc) is 3.23. The highest BCUT2D eigenvalue weighted by Crippen LogP contribution is 2.56.